The summed E-state index contributed by atoms with van der Waals surface area (Å²) in [5.41, 5.74) is 2.95. The van der Waals surface area contributed by atoms with Crippen LogP contribution in [0.4, 0.5) is 0 Å². The summed E-state index contributed by atoms with van der Waals surface area (Å²) in [6, 6.07) is 18.1. The van der Waals surface area contributed by atoms with Gasteiger partial charge in [0.2, 0.25) is 0 Å². The fourth-order valence-corrected chi connectivity index (χ4v) is 2.61. The molecule has 6 heteroatoms. The Morgan fingerprint density at radius 2 is 1.85 bits per heavy atom. The van der Waals surface area contributed by atoms with Crippen LogP contribution in [0, 0.1) is 6.92 Å². The van der Waals surface area contributed by atoms with Crippen molar-refractivity contribution < 1.29 is 9.53 Å². The Morgan fingerprint density at radius 3 is 2.59 bits per heavy atom. The highest BCUT2D eigenvalue weighted by Crippen LogP contribution is 2.12. The van der Waals surface area contributed by atoms with E-state index in [0.29, 0.717) is 13.1 Å². The minimum Gasteiger partial charge on any atom is -0.497 e. The number of amides is 1. The molecule has 0 atom stereocenters. The molecule has 6 nitrogen and oxygen atoms in total. The van der Waals surface area contributed by atoms with Gasteiger partial charge in [0.05, 0.1) is 13.7 Å². The van der Waals surface area contributed by atoms with Gasteiger partial charge in [-0.15, -0.1) is 0 Å². The first-order valence-electron chi connectivity index (χ1n) is 8.60. The van der Waals surface area contributed by atoms with Crippen LogP contribution in [-0.4, -0.2) is 22.8 Å². The van der Waals surface area contributed by atoms with Crippen molar-refractivity contribution in [2.45, 2.75) is 20.0 Å². The second-order valence-corrected chi connectivity index (χ2v) is 6.23. The van der Waals surface area contributed by atoms with E-state index in [1.165, 1.54) is 16.8 Å². The monoisotopic (exact) mass is 363 g/mol. The Balaban J connectivity index is 1.71. The lowest BCUT2D eigenvalue weighted by Gasteiger charge is -2.09. The molecule has 0 bridgehead atoms. The molecule has 0 unspecified atom stereocenters. The van der Waals surface area contributed by atoms with Crippen LogP contribution in [-0.2, 0) is 13.1 Å². The van der Waals surface area contributed by atoms with Gasteiger partial charge in [0.25, 0.3) is 11.5 Å². The summed E-state index contributed by atoms with van der Waals surface area (Å²) in [6.45, 7) is 2.66. The number of aromatic nitrogens is 2. The van der Waals surface area contributed by atoms with E-state index in [1.54, 1.807) is 7.11 Å². The van der Waals surface area contributed by atoms with Crippen LogP contribution in [0.1, 0.15) is 27.2 Å². The van der Waals surface area contributed by atoms with Crippen LogP contribution >= 0.6 is 0 Å². The van der Waals surface area contributed by atoms with Crippen molar-refractivity contribution in [1.29, 1.82) is 0 Å². The lowest BCUT2D eigenvalue weighted by atomic mass is 10.1. The van der Waals surface area contributed by atoms with Gasteiger partial charge in [-0.3, -0.25) is 9.59 Å². The lowest BCUT2D eigenvalue weighted by molar-refractivity contribution is 0.0943. The Labute approximate surface area is 157 Å². The van der Waals surface area contributed by atoms with E-state index in [4.69, 9.17) is 4.74 Å². The molecule has 2 aromatic carbocycles. The highest BCUT2D eigenvalue weighted by Gasteiger charge is 2.10. The van der Waals surface area contributed by atoms with E-state index in [-0.39, 0.29) is 17.2 Å². The molecular weight excluding hydrogens is 342 g/mol. The summed E-state index contributed by atoms with van der Waals surface area (Å²) < 4.78 is 6.47. The number of carbonyl (C=O) groups excluding carboxylic acids is 1. The molecule has 0 aliphatic rings. The van der Waals surface area contributed by atoms with Crippen LogP contribution in [0.15, 0.2) is 65.5 Å². The summed E-state index contributed by atoms with van der Waals surface area (Å²) in [5.74, 6) is 0.391. The highest BCUT2D eigenvalue weighted by molar-refractivity contribution is 5.91. The minimum atomic E-state index is -0.338. The van der Waals surface area contributed by atoms with Crippen LogP contribution in [0.25, 0.3) is 0 Å². The van der Waals surface area contributed by atoms with Gasteiger partial charge in [-0.2, -0.15) is 5.10 Å². The van der Waals surface area contributed by atoms with E-state index in [9.17, 15) is 9.59 Å². The summed E-state index contributed by atoms with van der Waals surface area (Å²) in [7, 11) is 1.60. The summed E-state index contributed by atoms with van der Waals surface area (Å²) >= 11 is 0. The number of methoxy groups -OCH3 is 1. The van der Waals surface area contributed by atoms with Gasteiger partial charge in [0.1, 0.15) is 11.4 Å². The van der Waals surface area contributed by atoms with E-state index >= 15 is 0 Å². The summed E-state index contributed by atoms with van der Waals surface area (Å²) in [6.07, 6.45) is 0. The number of aryl methyl sites for hydroxylation is 1. The van der Waals surface area contributed by atoms with E-state index in [1.807, 2.05) is 55.5 Å². The predicted molar refractivity (Wildman–Crippen MR) is 103 cm³/mol. The first kappa shape index (κ1) is 18.4. The van der Waals surface area contributed by atoms with Crippen LogP contribution in [0.3, 0.4) is 0 Å². The average molecular weight is 363 g/mol. The molecule has 0 aliphatic heterocycles. The van der Waals surface area contributed by atoms with Crippen molar-refractivity contribution in [1.82, 2.24) is 15.1 Å². The van der Waals surface area contributed by atoms with E-state index < -0.39 is 0 Å². The normalized spacial score (nSPS) is 10.4. The van der Waals surface area contributed by atoms with Crippen molar-refractivity contribution in [3.8, 4) is 5.75 Å². The van der Waals surface area contributed by atoms with Crippen molar-refractivity contribution in [3.63, 3.8) is 0 Å². The number of nitrogens with zero attached hydrogens (tertiary/aromatic N) is 2. The number of rotatable bonds is 6. The van der Waals surface area contributed by atoms with Gasteiger partial charge in [0, 0.05) is 12.6 Å². The average Bonchev–Trinajstić information content (AvgIpc) is 2.69. The molecule has 1 heterocycles. The van der Waals surface area contributed by atoms with Crippen LogP contribution < -0.4 is 15.6 Å². The number of ether oxygens (including phenoxy) is 1. The fourth-order valence-electron chi connectivity index (χ4n) is 2.61. The van der Waals surface area contributed by atoms with Gasteiger partial charge < -0.3 is 10.1 Å². The van der Waals surface area contributed by atoms with Crippen molar-refractivity contribution >= 4 is 5.91 Å². The molecule has 0 spiro atoms. The maximum Gasteiger partial charge on any atom is 0.271 e. The molecule has 1 amide bonds. The van der Waals surface area contributed by atoms with Gasteiger partial charge in [-0.1, -0.05) is 42.0 Å². The lowest BCUT2D eigenvalue weighted by Crippen LogP contribution is -2.29. The van der Waals surface area contributed by atoms with Crippen LogP contribution in [0.2, 0.25) is 0 Å². The molecule has 1 N–H and O–H groups in total. The second-order valence-electron chi connectivity index (χ2n) is 6.23. The molecule has 0 saturated carbocycles. The molecule has 3 rings (SSSR count). The Bertz CT molecular complexity index is 994. The molecule has 0 radical (unpaired) electrons. The first-order chi connectivity index (χ1) is 13.0. The minimum absolute atomic E-state index is 0.199. The third-order valence-electron chi connectivity index (χ3n) is 4.14. The number of hydrogen-bond donors (Lipinski definition) is 1. The van der Waals surface area contributed by atoms with E-state index in [0.717, 1.165) is 22.4 Å². The van der Waals surface area contributed by atoms with Crippen molar-refractivity contribution in [2.75, 3.05) is 7.11 Å². The molecule has 0 saturated heterocycles. The first-order valence-corrected chi connectivity index (χ1v) is 8.60. The van der Waals surface area contributed by atoms with Gasteiger partial charge in [0.15, 0.2) is 0 Å². The molecule has 0 aliphatic carbocycles. The van der Waals surface area contributed by atoms with Gasteiger partial charge in [-0.25, -0.2) is 4.68 Å². The third kappa shape index (κ3) is 4.82. The van der Waals surface area contributed by atoms with E-state index in [2.05, 4.69) is 10.4 Å². The maximum atomic E-state index is 12.4. The van der Waals surface area contributed by atoms with Gasteiger partial charge >= 0.3 is 0 Å². The van der Waals surface area contributed by atoms with Crippen molar-refractivity contribution in [2.24, 2.45) is 0 Å². The zero-order valence-corrected chi connectivity index (χ0v) is 15.3. The highest BCUT2D eigenvalue weighted by atomic mass is 16.5. The molecule has 138 valence electrons. The Kier molecular flexibility index (Phi) is 5.66. The third-order valence-corrected chi connectivity index (χ3v) is 4.14. The number of nitrogens with one attached hydrogen (secondary N) is 1. The molecule has 1 aromatic heterocycles. The largest absolute Gasteiger partial charge is 0.497 e. The number of carbonyl (C=O) groups is 1. The standard InChI is InChI=1S/C21H21N3O3/c1-15-6-8-16(9-7-15)14-24-20(25)11-10-19(23-24)21(26)22-13-17-4-3-5-18(12-17)27-2/h3-12H,13-14H2,1-2H3,(H,22,26). The fraction of sp³-hybridized carbons (Fsp3) is 0.190. The SMILES string of the molecule is COc1cccc(CNC(=O)c2ccc(=O)n(Cc3ccc(C)cc3)n2)c1. The number of benzene rings is 2. The second kappa shape index (κ2) is 8.31. The summed E-state index contributed by atoms with van der Waals surface area (Å²) in [5, 5.41) is 7.02. The van der Waals surface area contributed by atoms with Crippen molar-refractivity contribution in [3.05, 3.63) is 93.4 Å². The molecule has 0 fully saturated rings. The smallest absolute Gasteiger partial charge is 0.271 e. The molecular formula is C21H21N3O3. The Morgan fingerprint density at radius 1 is 1.07 bits per heavy atom. The quantitative estimate of drug-likeness (QED) is 0.730. The zero-order chi connectivity index (χ0) is 19.2. The summed E-state index contributed by atoms with van der Waals surface area (Å²) in [4.78, 5) is 24.5. The van der Waals surface area contributed by atoms with Crippen LogP contribution in [0.5, 0.6) is 5.75 Å². The predicted octanol–water partition coefficient (Wildman–Crippen LogP) is 2.54. The molecule has 27 heavy (non-hydrogen) atoms. The Hall–Kier alpha value is -3.41. The van der Waals surface area contributed by atoms with Gasteiger partial charge in [-0.05, 0) is 36.2 Å². The topological polar surface area (TPSA) is 73.2 Å². The zero-order valence-electron chi connectivity index (χ0n) is 15.3. The number of hydrogen-bond acceptors (Lipinski definition) is 4. The maximum absolute atomic E-state index is 12.4. The molecule has 3 aromatic rings.